The molecule has 0 fully saturated rings. The van der Waals surface area contributed by atoms with Crippen LogP contribution in [0, 0.1) is 0 Å². The molecule has 1 amide bonds. The number of hydrogen-bond donors (Lipinski definition) is 1. The summed E-state index contributed by atoms with van der Waals surface area (Å²) in [6.45, 7) is 0.427. The van der Waals surface area contributed by atoms with E-state index >= 15 is 0 Å². The Kier molecular flexibility index (Phi) is 2.11. The van der Waals surface area contributed by atoms with Gasteiger partial charge >= 0.3 is 0 Å². The quantitative estimate of drug-likeness (QED) is 0.795. The SMILES string of the molecule is Cn1nc2c(c1NC=O)COc1ccccc1-2. The second-order valence-corrected chi connectivity index (χ2v) is 3.85. The van der Waals surface area contributed by atoms with Gasteiger partial charge in [-0.15, -0.1) is 0 Å². The van der Waals surface area contributed by atoms with Gasteiger partial charge in [-0.1, -0.05) is 12.1 Å². The summed E-state index contributed by atoms with van der Waals surface area (Å²) >= 11 is 0. The molecule has 1 aliphatic heterocycles. The molecule has 0 bridgehead atoms. The fourth-order valence-electron chi connectivity index (χ4n) is 2.10. The molecule has 0 saturated heterocycles. The third-order valence-electron chi connectivity index (χ3n) is 2.86. The first kappa shape index (κ1) is 9.89. The summed E-state index contributed by atoms with van der Waals surface area (Å²) in [5, 5.41) is 7.08. The zero-order valence-corrected chi connectivity index (χ0v) is 9.30. The van der Waals surface area contributed by atoms with E-state index in [9.17, 15) is 4.79 Å². The molecule has 1 aromatic heterocycles. The highest BCUT2D eigenvalue weighted by Gasteiger charge is 2.24. The molecule has 1 aliphatic rings. The van der Waals surface area contributed by atoms with Gasteiger partial charge in [0.25, 0.3) is 0 Å². The average Bonchev–Trinajstić information content (AvgIpc) is 2.67. The van der Waals surface area contributed by atoms with Crippen LogP contribution in [0.4, 0.5) is 5.82 Å². The molecule has 1 N–H and O–H groups in total. The lowest BCUT2D eigenvalue weighted by atomic mass is 10.0. The van der Waals surface area contributed by atoms with E-state index in [1.54, 1.807) is 11.7 Å². The van der Waals surface area contributed by atoms with Crippen LogP contribution < -0.4 is 10.1 Å². The zero-order chi connectivity index (χ0) is 11.8. The van der Waals surface area contributed by atoms with Gasteiger partial charge in [-0.05, 0) is 12.1 Å². The number of nitrogens with zero attached hydrogens (tertiary/aromatic N) is 2. The average molecular weight is 229 g/mol. The number of hydrogen-bond acceptors (Lipinski definition) is 3. The molecule has 1 aromatic carbocycles. The van der Waals surface area contributed by atoms with Gasteiger partial charge < -0.3 is 10.1 Å². The molecule has 2 heterocycles. The minimum atomic E-state index is 0.427. The lowest BCUT2D eigenvalue weighted by Crippen LogP contribution is -2.07. The minimum Gasteiger partial charge on any atom is -0.488 e. The zero-order valence-electron chi connectivity index (χ0n) is 9.30. The molecule has 5 heteroatoms. The number of ether oxygens (including phenoxy) is 1. The molecule has 0 saturated carbocycles. The topological polar surface area (TPSA) is 56.2 Å². The molecule has 3 rings (SSSR count). The largest absolute Gasteiger partial charge is 0.488 e. The van der Waals surface area contributed by atoms with Gasteiger partial charge in [0.05, 0.1) is 5.56 Å². The summed E-state index contributed by atoms with van der Waals surface area (Å²) in [6.07, 6.45) is 0.651. The third-order valence-corrected chi connectivity index (χ3v) is 2.86. The van der Waals surface area contributed by atoms with E-state index in [4.69, 9.17) is 4.74 Å². The van der Waals surface area contributed by atoms with Crippen LogP contribution in [0.2, 0.25) is 0 Å². The van der Waals surface area contributed by atoms with Crippen LogP contribution in [-0.4, -0.2) is 16.2 Å². The number of benzene rings is 1. The number of aromatic nitrogens is 2. The van der Waals surface area contributed by atoms with Crippen LogP contribution in [0.3, 0.4) is 0 Å². The van der Waals surface area contributed by atoms with Crippen molar-refractivity contribution < 1.29 is 9.53 Å². The van der Waals surface area contributed by atoms with E-state index in [0.29, 0.717) is 18.8 Å². The number of rotatable bonds is 2. The van der Waals surface area contributed by atoms with E-state index in [1.165, 1.54) is 0 Å². The Morgan fingerprint density at radius 3 is 3.12 bits per heavy atom. The fourth-order valence-corrected chi connectivity index (χ4v) is 2.10. The molecule has 0 unspecified atom stereocenters. The molecule has 86 valence electrons. The van der Waals surface area contributed by atoms with Gasteiger partial charge in [0, 0.05) is 12.6 Å². The molecule has 0 aliphatic carbocycles. The molecule has 0 spiro atoms. The Bertz CT molecular complexity index is 589. The summed E-state index contributed by atoms with van der Waals surface area (Å²) in [5.74, 6) is 1.51. The summed E-state index contributed by atoms with van der Waals surface area (Å²) in [7, 11) is 1.80. The highest BCUT2D eigenvalue weighted by atomic mass is 16.5. The summed E-state index contributed by atoms with van der Waals surface area (Å²) in [5.41, 5.74) is 2.75. The van der Waals surface area contributed by atoms with Crippen molar-refractivity contribution in [3.8, 4) is 17.0 Å². The first-order valence-electron chi connectivity index (χ1n) is 5.29. The number of carbonyl (C=O) groups excluding carboxylic acids is 1. The Balaban J connectivity index is 2.21. The molecule has 17 heavy (non-hydrogen) atoms. The van der Waals surface area contributed by atoms with Gasteiger partial charge in [-0.3, -0.25) is 9.48 Å². The standard InChI is InChI=1S/C12H11N3O2/c1-15-12(13-7-16)9-6-17-10-5-3-2-4-8(10)11(9)14-15/h2-5,7H,6H2,1H3,(H,13,16). The smallest absolute Gasteiger partial charge is 0.212 e. The first-order valence-corrected chi connectivity index (χ1v) is 5.29. The highest BCUT2D eigenvalue weighted by molar-refractivity contribution is 5.80. The lowest BCUT2D eigenvalue weighted by molar-refractivity contribution is -0.105. The van der Waals surface area contributed by atoms with Gasteiger partial charge in [0.1, 0.15) is 23.9 Å². The van der Waals surface area contributed by atoms with Gasteiger partial charge in [0.2, 0.25) is 6.41 Å². The molecular weight excluding hydrogens is 218 g/mol. The first-order chi connectivity index (χ1) is 8.31. The Hall–Kier alpha value is -2.30. The molecular formula is C12H11N3O2. The lowest BCUT2D eigenvalue weighted by Gasteiger charge is -2.16. The van der Waals surface area contributed by atoms with E-state index in [0.717, 1.165) is 22.6 Å². The van der Waals surface area contributed by atoms with Crippen LogP contribution in [0.1, 0.15) is 5.56 Å². The van der Waals surface area contributed by atoms with Crippen LogP contribution >= 0.6 is 0 Å². The van der Waals surface area contributed by atoms with Crippen molar-refractivity contribution in [2.45, 2.75) is 6.61 Å². The Labute approximate surface area is 98.0 Å². The maximum Gasteiger partial charge on any atom is 0.212 e. The third kappa shape index (κ3) is 1.39. The van der Waals surface area contributed by atoms with Crippen LogP contribution in [0.25, 0.3) is 11.3 Å². The van der Waals surface area contributed by atoms with Crippen LogP contribution in [-0.2, 0) is 18.4 Å². The maximum atomic E-state index is 10.6. The van der Waals surface area contributed by atoms with Gasteiger partial charge in [-0.2, -0.15) is 5.10 Å². The van der Waals surface area contributed by atoms with E-state index in [-0.39, 0.29) is 0 Å². The van der Waals surface area contributed by atoms with Crippen molar-refractivity contribution in [3.63, 3.8) is 0 Å². The summed E-state index contributed by atoms with van der Waals surface area (Å²) in [4.78, 5) is 10.6. The molecule has 2 aromatic rings. The second-order valence-electron chi connectivity index (χ2n) is 3.85. The minimum absolute atomic E-state index is 0.427. The molecule has 0 atom stereocenters. The predicted molar refractivity (Wildman–Crippen MR) is 62.7 cm³/mol. The number of carbonyl (C=O) groups is 1. The number of anilines is 1. The Morgan fingerprint density at radius 1 is 1.47 bits per heavy atom. The molecule has 5 nitrogen and oxygen atoms in total. The fraction of sp³-hybridized carbons (Fsp3) is 0.167. The van der Waals surface area contributed by atoms with Crippen molar-refractivity contribution in [1.82, 2.24) is 9.78 Å². The van der Waals surface area contributed by atoms with E-state index in [2.05, 4.69) is 10.4 Å². The van der Waals surface area contributed by atoms with Crippen molar-refractivity contribution in [2.75, 3.05) is 5.32 Å². The van der Waals surface area contributed by atoms with Crippen molar-refractivity contribution in [2.24, 2.45) is 7.05 Å². The number of fused-ring (bicyclic) bond motifs is 3. The maximum absolute atomic E-state index is 10.6. The van der Waals surface area contributed by atoms with Crippen molar-refractivity contribution in [3.05, 3.63) is 29.8 Å². The number of aryl methyl sites for hydroxylation is 1. The van der Waals surface area contributed by atoms with Crippen LogP contribution in [0.5, 0.6) is 5.75 Å². The predicted octanol–water partition coefficient (Wildman–Crippen LogP) is 1.55. The van der Waals surface area contributed by atoms with Crippen LogP contribution in [0.15, 0.2) is 24.3 Å². The monoisotopic (exact) mass is 229 g/mol. The second kappa shape index (κ2) is 3.62. The van der Waals surface area contributed by atoms with Crippen molar-refractivity contribution >= 4 is 12.2 Å². The van der Waals surface area contributed by atoms with Gasteiger partial charge in [-0.25, -0.2) is 0 Å². The number of amides is 1. The summed E-state index contributed by atoms with van der Waals surface area (Å²) in [6, 6.07) is 7.75. The van der Waals surface area contributed by atoms with Crippen molar-refractivity contribution in [1.29, 1.82) is 0 Å². The van der Waals surface area contributed by atoms with Gasteiger partial charge in [0.15, 0.2) is 0 Å². The highest BCUT2D eigenvalue weighted by Crippen LogP contribution is 2.39. The Morgan fingerprint density at radius 2 is 2.29 bits per heavy atom. The normalized spacial score (nSPS) is 12.3. The number of para-hydroxylation sites is 1. The summed E-state index contributed by atoms with van der Waals surface area (Å²) < 4.78 is 7.30. The number of nitrogens with one attached hydrogen (secondary N) is 1. The van der Waals surface area contributed by atoms with E-state index < -0.39 is 0 Å². The molecule has 0 radical (unpaired) electrons. The van der Waals surface area contributed by atoms with E-state index in [1.807, 2.05) is 24.3 Å².